The molecule has 1 aliphatic heterocycles. The largest absolute Gasteiger partial charge is 0.453 e. The average Bonchev–Trinajstić information content (AvgIpc) is 2.96. The Morgan fingerprint density at radius 2 is 1.81 bits per heavy atom. The van der Waals surface area contributed by atoms with Gasteiger partial charge in [0.2, 0.25) is 5.91 Å². The normalized spacial score (nSPS) is 15.6. The van der Waals surface area contributed by atoms with Crippen LogP contribution in [-0.4, -0.2) is 31.6 Å². The quantitative estimate of drug-likeness (QED) is 0.423. The zero-order chi connectivity index (χ0) is 18.6. The molecule has 1 atom stereocenters. The molecule has 5 heteroatoms. The Morgan fingerprint density at radius 3 is 2.65 bits per heavy atom. The molecule has 0 aliphatic carbocycles. The van der Waals surface area contributed by atoms with Crippen LogP contribution in [0.2, 0.25) is 0 Å². The van der Waals surface area contributed by atoms with Crippen molar-refractivity contribution in [1.82, 2.24) is 5.32 Å². The number of rotatable bonds is 13. The average molecular weight is 361 g/mol. The van der Waals surface area contributed by atoms with Crippen molar-refractivity contribution in [2.75, 3.05) is 19.8 Å². The number of carbonyl (C=O) groups excluding carboxylic acids is 2. The van der Waals surface area contributed by atoms with Gasteiger partial charge in [-0.1, -0.05) is 57.2 Å². The summed E-state index contributed by atoms with van der Waals surface area (Å²) in [5.41, 5.74) is 1.36. The van der Waals surface area contributed by atoms with E-state index in [1.165, 1.54) is 32.1 Å². The molecule has 0 radical (unpaired) electrons. The molecule has 0 aromatic heterocycles. The highest BCUT2D eigenvalue weighted by Gasteiger charge is 2.31. The Balaban J connectivity index is 1.49. The molecule has 0 saturated heterocycles. The third kappa shape index (κ3) is 6.79. The van der Waals surface area contributed by atoms with Gasteiger partial charge in [-0.2, -0.15) is 0 Å². The van der Waals surface area contributed by atoms with Crippen molar-refractivity contribution in [3.63, 3.8) is 0 Å². The molecule has 1 heterocycles. The second kappa shape index (κ2) is 11.7. The van der Waals surface area contributed by atoms with E-state index in [4.69, 9.17) is 9.47 Å². The van der Waals surface area contributed by atoms with Gasteiger partial charge in [-0.3, -0.25) is 4.79 Å². The smallest absolute Gasteiger partial charge is 0.339 e. The summed E-state index contributed by atoms with van der Waals surface area (Å²) in [5.74, 6) is -0.447. The molecule has 1 aliphatic rings. The number of hydrogen-bond donors (Lipinski definition) is 1. The van der Waals surface area contributed by atoms with Crippen LogP contribution in [0.25, 0.3) is 0 Å². The molecular weight excluding hydrogens is 330 g/mol. The van der Waals surface area contributed by atoms with E-state index in [0.717, 1.165) is 25.0 Å². The Kier molecular flexibility index (Phi) is 9.18. The van der Waals surface area contributed by atoms with Crippen LogP contribution in [0, 0.1) is 0 Å². The molecule has 144 valence electrons. The van der Waals surface area contributed by atoms with Crippen LogP contribution in [0.4, 0.5) is 0 Å². The SMILES string of the molecule is CCCCCCCCOCCCNC(=O)CC1OC(=O)c2ccccc21. The molecule has 1 N–H and O–H groups in total. The lowest BCUT2D eigenvalue weighted by Gasteiger charge is -2.11. The fourth-order valence-electron chi connectivity index (χ4n) is 3.10. The first-order valence-corrected chi connectivity index (χ1v) is 9.86. The van der Waals surface area contributed by atoms with E-state index in [0.29, 0.717) is 18.7 Å². The minimum absolute atomic E-state index is 0.101. The second-order valence-electron chi connectivity index (χ2n) is 6.77. The van der Waals surface area contributed by atoms with Gasteiger partial charge in [-0.05, 0) is 18.9 Å². The summed E-state index contributed by atoms with van der Waals surface area (Å²) in [6.07, 6.45) is 8.06. The second-order valence-corrected chi connectivity index (χ2v) is 6.77. The van der Waals surface area contributed by atoms with E-state index in [1.54, 1.807) is 12.1 Å². The van der Waals surface area contributed by atoms with Crippen LogP contribution in [0.5, 0.6) is 0 Å². The fourth-order valence-corrected chi connectivity index (χ4v) is 3.10. The molecule has 2 rings (SSSR count). The summed E-state index contributed by atoms with van der Waals surface area (Å²) in [6, 6.07) is 7.23. The van der Waals surface area contributed by atoms with Gasteiger partial charge in [-0.15, -0.1) is 0 Å². The molecule has 1 aromatic rings. The zero-order valence-corrected chi connectivity index (χ0v) is 15.8. The van der Waals surface area contributed by atoms with E-state index in [1.807, 2.05) is 12.1 Å². The number of cyclic esters (lactones) is 1. The Bertz CT molecular complexity index is 573. The third-order valence-electron chi connectivity index (χ3n) is 4.58. The predicted octanol–water partition coefficient (Wildman–Crippen LogP) is 4.17. The van der Waals surface area contributed by atoms with Crippen molar-refractivity contribution in [3.8, 4) is 0 Å². The van der Waals surface area contributed by atoms with Gasteiger partial charge in [0.15, 0.2) is 0 Å². The number of esters is 1. The van der Waals surface area contributed by atoms with E-state index in [9.17, 15) is 9.59 Å². The number of hydrogen-bond acceptors (Lipinski definition) is 4. The zero-order valence-electron chi connectivity index (χ0n) is 15.8. The lowest BCUT2D eigenvalue weighted by atomic mass is 10.0. The molecule has 0 bridgehead atoms. The Morgan fingerprint density at radius 1 is 1.08 bits per heavy atom. The topological polar surface area (TPSA) is 64.6 Å². The Hall–Kier alpha value is -1.88. The van der Waals surface area contributed by atoms with Crippen LogP contribution in [0.3, 0.4) is 0 Å². The highest BCUT2D eigenvalue weighted by molar-refractivity contribution is 5.94. The highest BCUT2D eigenvalue weighted by Crippen LogP contribution is 2.32. The summed E-state index contributed by atoms with van der Waals surface area (Å²) < 4.78 is 10.9. The van der Waals surface area contributed by atoms with Gasteiger partial charge in [-0.25, -0.2) is 4.79 Å². The maximum Gasteiger partial charge on any atom is 0.339 e. The van der Waals surface area contributed by atoms with E-state index in [2.05, 4.69) is 12.2 Å². The van der Waals surface area contributed by atoms with Crippen molar-refractivity contribution in [2.45, 2.75) is 64.4 Å². The number of carbonyl (C=O) groups is 2. The number of fused-ring (bicyclic) bond motifs is 1. The monoisotopic (exact) mass is 361 g/mol. The van der Waals surface area contributed by atoms with Crippen LogP contribution >= 0.6 is 0 Å². The standard InChI is InChI=1S/C21H31NO4/c1-2-3-4-5-6-9-14-25-15-10-13-22-20(23)16-19-17-11-7-8-12-18(17)21(24)26-19/h7-8,11-12,19H,2-6,9-10,13-16H2,1H3,(H,22,23). The van der Waals surface area contributed by atoms with Crippen molar-refractivity contribution >= 4 is 11.9 Å². The van der Waals surface area contributed by atoms with Crippen LogP contribution in [0.1, 0.15) is 80.3 Å². The first kappa shape index (κ1) is 20.4. The minimum atomic E-state index is -0.470. The van der Waals surface area contributed by atoms with Gasteiger partial charge in [0.25, 0.3) is 0 Å². The maximum absolute atomic E-state index is 12.0. The summed E-state index contributed by atoms with van der Waals surface area (Å²) in [4.78, 5) is 23.8. The first-order valence-electron chi connectivity index (χ1n) is 9.86. The molecule has 1 amide bonds. The van der Waals surface area contributed by atoms with Crippen LogP contribution in [-0.2, 0) is 14.3 Å². The summed E-state index contributed by atoms with van der Waals surface area (Å²) in [6.45, 7) is 4.27. The van der Waals surface area contributed by atoms with E-state index < -0.39 is 6.10 Å². The lowest BCUT2D eigenvalue weighted by molar-refractivity contribution is -0.123. The number of benzene rings is 1. The number of amides is 1. The molecule has 1 aromatic carbocycles. The first-order chi connectivity index (χ1) is 12.7. The lowest BCUT2D eigenvalue weighted by Crippen LogP contribution is -2.26. The fraction of sp³-hybridized carbons (Fsp3) is 0.619. The maximum atomic E-state index is 12.0. The molecular formula is C21H31NO4. The molecule has 0 saturated carbocycles. The van der Waals surface area contributed by atoms with Crippen LogP contribution < -0.4 is 5.32 Å². The highest BCUT2D eigenvalue weighted by atomic mass is 16.5. The van der Waals surface area contributed by atoms with E-state index in [-0.39, 0.29) is 18.3 Å². The number of ether oxygens (including phenoxy) is 2. The van der Waals surface area contributed by atoms with Crippen molar-refractivity contribution < 1.29 is 19.1 Å². The van der Waals surface area contributed by atoms with Gasteiger partial charge >= 0.3 is 5.97 Å². The summed E-state index contributed by atoms with van der Waals surface area (Å²) in [5, 5.41) is 2.87. The van der Waals surface area contributed by atoms with Gasteiger partial charge in [0, 0.05) is 25.3 Å². The molecule has 0 spiro atoms. The minimum Gasteiger partial charge on any atom is -0.453 e. The molecule has 26 heavy (non-hydrogen) atoms. The van der Waals surface area contributed by atoms with Crippen molar-refractivity contribution in [3.05, 3.63) is 35.4 Å². The van der Waals surface area contributed by atoms with Gasteiger partial charge < -0.3 is 14.8 Å². The predicted molar refractivity (Wildman–Crippen MR) is 101 cm³/mol. The number of unbranched alkanes of at least 4 members (excludes halogenated alkanes) is 5. The molecule has 1 unspecified atom stereocenters. The Labute approximate surface area is 156 Å². The van der Waals surface area contributed by atoms with Gasteiger partial charge in [0.05, 0.1) is 12.0 Å². The van der Waals surface area contributed by atoms with Crippen molar-refractivity contribution in [2.24, 2.45) is 0 Å². The van der Waals surface area contributed by atoms with Crippen molar-refractivity contribution in [1.29, 1.82) is 0 Å². The molecule has 5 nitrogen and oxygen atoms in total. The van der Waals surface area contributed by atoms with Crippen LogP contribution in [0.15, 0.2) is 24.3 Å². The van der Waals surface area contributed by atoms with E-state index >= 15 is 0 Å². The summed E-state index contributed by atoms with van der Waals surface area (Å²) >= 11 is 0. The number of nitrogens with one attached hydrogen (secondary N) is 1. The third-order valence-corrected chi connectivity index (χ3v) is 4.58. The summed E-state index contributed by atoms with van der Waals surface area (Å²) in [7, 11) is 0. The van der Waals surface area contributed by atoms with Gasteiger partial charge in [0.1, 0.15) is 6.10 Å². The molecule has 0 fully saturated rings.